The molecule has 4 rings (SSSR count). The van der Waals surface area contributed by atoms with E-state index in [9.17, 15) is 14.4 Å². The Morgan fingerprint density at radius 3 is 2.11 bits per heavy atom. The summed E-state index contributed by atoms with van der Waals surface area (Å²) in [6.45, 7) is 3.18. The molecule has 0 saturated carbocycles. The van der Waals surface area contributed by atoms with Gasteiger partial charge in [-0.2, -0.15) is 0 Å². The zero-order chi connectivity index (χ0) is 19.8. The monoisotopic (exact) mass is 375 g/mol. The zero-order valence-corrected chi connectivity index (χ0v) is 15.4. The van der Waals surface area contributed by atoms with E-state index in [4.69, 9.17) is 4.74 Å². The summed E-state index contributed by atoms with van der Waals surface area (Å²) < 4.78 is 5.34. The first-order valence-corrected chi connectivity index (χ1v) is 8.83. The molecule has 28 heavy (non-hydrogen) atoms. The lowest BCUT2D eigenvalue weighted by Crippen LogP contribution is -2.43. The van der Waals surface area contributed by atoms with E-state index in [2.05, 4.69) is 9.97 Å². The molecule has 0 saturated heterocycles. The highest BCUT2D eigenvalue weighted by Gasteiger charge is 2.41. The molecule has 1 aliphatic rings. The van der Waals surface area contributed by atoms with E-state index in [1.807, 2.05) is 24.3 Å². The Kier molecular flexibility index (Phi) is 4.35. The minimum atomic E-state index is -1.04. The molecule has 7 nitrogen and oxygen atoms in total. The highest BCUT2D eigenvalue weighted by molar-refractivity contribution is 6.22. The summed E-state index contributed by atoms with van der Waals surface area (Å²) in [4.78, 5) is 47.4. The van der Waals surface area contributed by atoms with Gasteiger partial charge in [-0.1, -0.05) is 24.3 Å². The molecule has 0 bridgehead atoms. The molecule has 0 N–H and O–H groups in total. The quantitative estimate of drug-likeness (QED) is 0.514. The predicted octanol–water partition coefficient (Wildman–Crippen LogP) is 2.67. The number of aryl methyl sites for hydroxylation is 1. The van der Waals surface area contributed by atoms with Crippen LogP contribution >= 0.6 is 0 Å². The van der Waals surface area contributed by atoms with Crippen molar-refractivity contribution in [1.29, 1.82) is 0 Å². The standard InChI is InChI=1S/C21H17N3O4/c1-12-18(23-17-10-6-5-9-16(17)22-12)11-28-21(27)13(2)24-19(25)14-7-3-4-8-15(14)20(24)26/h3-10,13H,11H2,1-2H3/t13-/m1/s1. The van der Waals surface area contributed by atoms with Gasteiger partial charge in [0.25, 0.3) is 11.8 Å². The Labute approximate surface area is 161 Å². The molecule has 0 radical (unpaired) electrons. The van der Waals surface area contributed by atoms with Crippen molar-refractivity contribution >= 4 is 28.8 Å². The molecular weight excluding hydrogens is 358 g/mol. The van der Waals surface area contributed by atoms with Crippen molar-refractivity contribution in [3.05, 3.63) is 71.0 Å². The molecule has 140 valence electrons. The number of ether oxygens (including phenoxy) is 1. The average molecular weight is 375 g/mol. The lowest BCUT2D eigenvalue weighted by molar-refractivity contribution is -0.149. The van der Waals surface area contributed by atoms with Gasteiger partial charge in [-0.25, -0.2) is 14.8 Å². The van der Waals surface area contributed by atoms with Crippen LogP contribution in [0.3, 0.4) is 0 Å². The van der Waals surface area contributed by atoms with E-state index in [0.29, 0.717) is 28.0 Å². The van der Waals surface area contributed by atoms with Gasteiger partial charge < -0.3 is 4.74 Å². The van der Waals surface area contributed by atoms with E-state index in [-0.39, 0.29) is 6.61 Å². The molecular formula is C21H17N3O4. The van der Waals surface area contributed by atoms with Gasteiger partial charge in [-0.05, 0) is 38.1 Å². The first-order chi connectivity index (χ1) is 13.5. The number of imide groups is 1. The zero-order valence-electron chi connectivity index (χ0n) is 15.4. The molecule has 0 aliphatic carbocycles. The van der Waals surface area contributed by atoms with E-state index >= 15 is 0 Å². The highest BCUT2D eigenvalue weighted by Crippen LogP contribution is 2.25. The molecule has 0 unspecified atom stereocenters. The summed E-state index contributed by atoms with van der Waals surface area (Å²) in [5.41, 5.74) is 3.23. The second kappa shape index (κ2) is 6.84. The Morgan fingerprint density at radius 2 is 1.50 bits per heavy atom. The van der Waals surface area contributed by atoms with Crippen molar-refractivity contribution in [3.63, 3.8) is 0 Å². The first kappa shape index (κ1) is 17.8. The lowest BCUT2D eigenvalue weighted by Gasteiger charge is -2.21. The van der Waals surface area contributed by atoms with Crippen LogP contribution in [-0.4, -0.2) is 38.7 Å². The van der Waals surface area contributed by atoms with Crippen molar-refractivity contribution in [3.8, 4) is 0 Å². The highest BCUT2D eigenvalue weighted by atomic mass is 16.5. The van der Waals surface area contributed by atoms with Gasteiger partial charge in [-0.15, -0.1) is 0 Å². The number of carbonyl (C=O) groups is 3. The number of esters is 1. The van der Waals surface area contributed by atoms with Crippen LogP contribution in [0.15, 0.2) is 48.5 Å². The number of aromatic nitrogens is 2. The molecule has 2 amide bonds. The van der Waals surface area contributed by atoms with Crippen LogP contribution in [0, 0.1) is 6.92 Å². The first-order valence-electron chi connectivity index (χ1n) is 8.83. The number of nitrogens with zero attached hydrogens (tertiary/aromatic N) is 3. The Balaban J connectivity index is 1.50. The minimum Gasteiger partial charge on any atom is -0.458 e. The Bertz CT molecular complexity index is 1090. The SMILES string of the molecule is Cc1nc2ccccc2nc1COC(=O)[C@@H](C)N1C(=O)c2ccccc2C1=O. The van der Waals surface area contributed by atoms with Crippen molar-refractivity contribution in [2.24, 2.45) is 0 Å². The third-order valence-corrected chi connectivity index (χ3v) is 4.75. The number of hydrogen-bond donors (Lipinski definition) is 0. The van der Waals surface area contributed by atoms with Crippen LogP contribution < -0.4 is 0 Å². The van der Waals surface area contributed by atoms with E-state index in [0.717, 1.165) is 10.4 Å². The van der Waals surface area contributed by atoms with Crippen LogP contribution in [0.2, 0.25) is 0 Å². The fourth-order valence-corrected chi connectivity index (χ4v) is 3.19. The lowest BCUT2D eigenvalue weighted by atomic mass is 10.1. The van der Waals surface area contributed by atoms with Crippen LogP contribution in [0.4, 0.5) is 0 Å². The summed E-state index contributed by atoms with van der Waals surface area (Å²) in [6.07, 6.45) is 0. The summed E-state index contributed by atoms with van der Waals surface area (Å²) in [5.74, 6) is -1.66. The van der Waals surface area contributed by atoms with Crippen LogP contribution in [-0.2, 0) is 16.1 Å². The number of para-hydroxylation sites is 2. The topological polar surface area (TPSA) is 89.5 Å². The fraction of sp³-hybridized carbons (Fsp3) is 0.190. The molecule has 0 fully saturated rings. The van der Waals surface area contributed by atoms with Crippen LogP contribution in [0.25, 0.3) is 11.0 Å². The summed E-state index contributed by atoms with van der Waals surface area (Å²) >= 11 is 0. The average Bonchev–Trinajstić information content (AvgIpc) is 2.96. The predicted molar refractivity (Wildman–Crippen MR) is 100 cm³/mol. The summed E-state index contributed by atoms with van der Waals surface area (Å²) in [5, 5.41) is 0. The van der Waals surface area contributed by atoms with Gasteiger partial charge in [0.2, 0.25) is 0 Å². The van der Waals surface area contributed by atoms with Gasteiger partial charge in [0, 0.05) is 0 Å². The normalized spacial score (nSPS) is 14.3. The van der Waals surface area contributed by atoms with Gasteiger partial charge in [0.1, 0.15) is 12.6 Å². The third-order valence-electron chi connectivity index (χ3n) is 4.75. The second-order valence-corrected chi connectivity index (χ2v) is 6.55. The van der Waals surface area contributed by atoms with Crippen LogP contribution in [0.1, 0.15) is 39.0 Å². The van der Waals surface area contributed by atoms with Crippen molar-refractivity contribution in [2.45, 2.75) is 26.5 Å². The number of rotatable bonds is 4. The Morgan fingerprint density at radius 1 is 0.964 bits per heavy atom. The molecule has 2 heterocycles. The molecule has 7 heteroatoms. The molecule has 1 aliphatic heterocycles. The van der Waals surface area contributed by atoms with Crippen LogP contribution in [0.5, 0.6) is 0 Å². The van der Waals surface area contributed by atoms with E-state index in [1.54, 1.807) is 31.2 Å². The number of amides is 2. The second-order valence-electron chi connectivity index (χ2n) is 6.55. The number of carbonyl (C=O) groups excluding carboxylic acids is 3. The summed E-state index contributed by atoms with van der Waals surface area (Å²) in [7, 11) is 0. The van der Waals surface area contributed by atoms with Crippen molar-refractivity contribution in [2.75, 3.05) is 0 Å². The van der Waals surface area contributed by atoms with Gasteiger partial charge in [0.05, 0.1) is 33.5 Å². The maximum Gasteiger partial charge on any atom is 0.329 e. The minimum absolute atomic E-state index is 0.0873. The molecule has 1 aromatic heterocycles. The Hall–Kier alpha value is -3.61. The number of hydrogen-bond acceptors (Lipinski definition) is 6. The van der Waals surface area contributed by atoms with Gasteiger partial charge in [0.15, 0.2) is 0 Å². The molecule has 1 atom stereocenters. The smallest absolute Gasteiger partial charge is 0.329 e. The van der Waals surface area contributed by atoms with Crippen molar-refractivity contribution < 1.29 is 19.1 Å². The largest absolute Gasteiger partial charge is 0.458 e. The fourth-order valence-electron chi connectivity index (χ4n) is 3.19. The van der Waals surface area contributed by atoms with E-state index < -0.39 is 23.8 Å². The number of benzene rings is 2. The molecule has 3 aromatic rings. The summed E-state index contributed by atoms with van der Waals surface area (Å²) in [6, 6.07) is 12.9. The maximum atomic E-state index is 12.5. The van der Waals surface area contributed by atoms with E-state index in [1.165, 1.54) is 6.92 Å². The number of fused-ring (bicyclic) bond motifs is 2. The molecule has 0 spiro atoms. The van der Waals surface area contributed by atoms with Gasteiger partial charge >= 0.3 is 5.97 Å². The van der Waals surface area contributed by atoms with Gasteiger partial charge in [-0.3, -0.25) is 14.5 Å². The third kappa shape index (κ3) is 2.90. The molecule has 2 aromatic carbocycles. The maximum absolute atomic E-state index is 12.5. The van der Waals surface area contributed by atoms with Crippen molar-refractivity contribution in [1.82, 2.24) is 14.9 Å².